The fourth-order valence-corrected chi connectivity index (χ4v) is 1.80. The molecule has 0 heterocycles. The van der Waals surface area contributed by atoms with E-state index in [0.29, 0.717) is 29.6 Å². The molecule has 6 heteroatoms. The van der Waals surface area contributed by atoms with Crippen molar-refractivity contribution in [1.29, 1.82) is 0 Å². The van der Waals surface area contributed by atoms with E-state index in [-0.39, 0.29) is 11.9 Å². The molecule has 1 aromatic carbocycles. The van der Waals surface area contributed by atoms with Gasteiger partial charge in [0.25, 0.3) is 0 Å². The molecule has 3 amide bonds. The van der Waals surface area contributed by atoms with Crippen LogP contribution in [0, 0.1) is 5.92 Å². The number of nitrogens with one attached hydrogen (secondary N) is 3. The van der Waals surface area contributed by atoms with Crippen LogP contribution in [0.25, 0.3) is 0 Å². The number of methoxy groups -OCH3 is 1. The van der Waals surface area contributed by atoms with Gasteiger partial charge in [0, 0.05) is 25.2 Å². The molecule has 108 valence electrons. The molecule has 0 saturated heterocycles. The molecule has 0 unspecified atom stereocenters. The molecule has 20 heavy (non-hydrogen) atoms. The maximum absolute atomic E-state index is 11.7. The standard InChI is InChI=1S/C14H19N3O3/c1-9(18)16-12-6-5-11(7-13(12)20-2)17-14(19)15-8-10-3-4-10/h5-7,10H,3-4,8H2,1-2H3,(H,16,18)(H2,15,17,19). The summed E-state index contributed by atoms with van der Waals surface area (Å²) in [6, 6.07) is 4.84. The average Bonchev–Trinajstić information content (AvgIpc) is 3.21. The van der Waals surface area contributed by atoms with Crippen molar-refractivity contribution in [3.63, 3.8) is 0 Å². The van der Waals surface area contributed by atoms with E-state index in [1.807, 2.05) is 0 Å². The van der Waals surface area contributed by atoms with Gasteiger partial charge in [0.15, 0.2) is 0 Å². The summed E-state index contributed by atoms with van der Waals surface area (Å²) >= 11 is 0. The molecule has 0 atom stereocenters. The molecule has 1 aromatic rings. The predicted molar refractivity (Wildman–Crippen MR) is 77.0 cm³/mol. The molecule has 0 bridgehead atoms. The van der Waals surface area contributed by atoms with Gasteiger partial charge < -0.3 is 20.7 Å². The minimum Gasteiger partial charge on any atom is -0.494 e. The summed E-state index contributed by atoms with van der Waals surface area (Å²) in [5.74, 6) is 0.962. The molecule has 6 nitrogen and oxygen atoms in total. The van der Waals surface area contributed by atoms with Crippen molar-refractivity contribution >= 4 is 23.3 Å². The summed E-state index contributed by atoms with van der Waals surface area (Å²) in [4.78, 5) is 22.7. The monoisotopic (exact) mass is 277 g/mol. The normalized spacial score (nSPS) is 13.5. The van der Waals surface area contributed by atoms with Crippen LogP contribution in [-0.4, -0.2) is 25.6 Å². The van der Waals surface area contributed by atoms with Crippen molar-refractivity contribution < 1.29 is 14.3 Å². The second-order valence-corrected chi connectivity index (χ2v) is 4.87. The van der Waals surface area contributed by atoms with Crippen LogP contribution in [0.15, 0.2) is 18.2 Å². The van der Waals surface area contributed by atoms with E-state index in [4.69, 9.17) is 4.74 Å². The van der Waals surface area contributed by atoms with E-state index in [1.165, 1.54) is 26.9 Å². The molecule has 3 N–H and O–H groups in total. The number of amides is 3. The van der Waals surface area contributed by atoms with Crippen LogP contribution in [0.2, 0.25) is 0 Å². The van der Waals surface area contributed by atoms with Crippen LogP contribution in [0.3, 0.4) is 0 Å². The molecule has 0 aromatic heterocycles. The first kappa shape index (κ1) is 14.2. The Morgan fingerprint density at radius 1 is 1.30 bits per heavy atom. The highest BCUT2D eigenvalue weighted by Crippen LogP contribution is 2.28. The van der Waals surface area contributed by atoms with Crippen LogP contribution in [0.4, 0.5) is 16.2 Å². The molecule has 1 saturated carbocycles. The number of benzene rings is 1. The number of hydrogen-bond donors (Lipinski definition) is 3. The zero-order chi connectivity index (χ0) is 14.5. The summed E-state index contributed by atoms with van der Waals surface area (Å²) < 4.78 is 5.19. The molecule has 0 aliphatic heterocycles. The Morgan fingerprint density at radius 2 is 2.05 bits per heavy atom. The highest BCUT2D eigenvalue weighted by Gasteiger charge is 2.21. The number of ether oxygens (including phenoxy) is 1. The van der Waals surface area contributed by atoms with E-state index in [1.54, 1.807) is 18.2 Å². The van der Waals surface area contributed by atoms with Gasteiger partial charge in [-0.05, 0) is 30.9 Å². The lowest BCUT2D eigenvalue weighted by molar-refractivity contribution is -0.114. The van der Waals surface area contributed by atoms with Crippen LogP contribution >= 0.6 is 0 Å². The van der Waals surface area contributed by atoms with Gasteiger partial charge in [-0.3, -0.25) is 4.79 Å². The summed E-state index contributed by atoms with van der Waals surface area (Å²) in [5, 5.41) is 8.22. The molecule has 1 aliphatic carbocycles. The minimum absolute atomic E-state index is 0.175. The molecular formula is C14H19N3O3. The molecule has 0 radical (unpaired) electrons. The van der Waals surface area contributed by atoms with Crippen molar-refractivity contribution in [3.05, 3.63) is 18.2 Å². The molecule has 1 fully saturated rings. The quantitative estimate of drug-likeness (QED) is 0.771. The van der Waals surface area contributed by atoms with Crippen molar-refractivity contribution in [2.75, 3.05) is 24.3 Å². The van der Waals surface area contributed by atoms with Gasteiger partial charge in [0.05, 0.1) is 12.8 Å². The fourth-order valence-electron chi connectivity index (χ4n) is 1.80. The number of carbonyl (C=O) groups excluding carboxylic acids is 2. The smallest absolute Gasteiger partial charge is 0.319 e. The van der Waals surface area contributed by atoms with Crippen LogP contribution < -0.4 is 20.7 Å². The molecular weight excluding hydrogens is 258 g/mol. The number of rotatable bonds is 5. The van der Waals surface area contributed by atoms with Gasteiger partial charge in [-0.2, -0.15) is 0 Å². The Labute approximate surface area is 117 Å². The molecule has 2 rings (SSSR count). The van der Waals surface area contributed by atoms with E-state index in [0.717, 1.165) is 0 Å². The lowest BCUT2D eigenvalue weighted by Crippen LogP contribution is -2.30. The molecule has 1 aliphatic rings. The van der Waals surface area contributed by atoms with Crippen molar-refractivity contribution in [2.45, 2.75) is 19.8 Å². The van der Waals surface area contributed by atoms with Crippen LogP contribution in [0.1, 0.15) is 19.8 Å². The third kappa shape index (κ3) is 4.15. The maximum atomic E-state index is 11.7. The van der Waals surface area contributed by atoms with E-state index in [9.17, 15) is 9.59 Å². The van der Waals surface area contributed by atoms with Gasteiger partial charge in [-0.15, -0.1) is 0 Å². The van der Waals surface area contributed by atoms with E-state index < -0.39 is 0 Å². The van der Waals surface area contributed by atoms with Gasteiger partial charge in [-0.25, -0.2) is 4.79 Å². The number of hydrogen-bond acceptors (Lipinski definition) is 3. The minimum atomic E-state index is -0.230. The van der Waals surface area contributed by atoms with E-state index >= 15 is 0 Å². The first-order valence-corrected chi connectivity index (χ1v) is 6.59. The van der Waals surface area contributed by atoms with Crippen molar-refractivity contribution in [1.82, 2.24) is 5.32 Å². The number of carbonyl (C=O) groups is 2. The fraction of sp³-hybridized carbons (Fsp3) is 0.429. The highest BCUT2D eigenvalue weighted by atomic mass is 16.5. The Morgan fingerprint density at radius 3 is 2.65 bits per heavy atom. The zero-order valence-electron chi connectivity index (χ0n) is 11.7. The number of urea groups is 1. The second-order valence-electron chi connectivity index (χ2n) is 4.87. The summed E-state index contributed by atoms with van der Waals surface area (Å²) in [5.41, 5.74) is 1.19. The van der Waals surface area contributed by atoms with Crippen molar-refractivity contribution in [2.24, 2.45) is 5.92 Å². The predicted octanol–water partition coefficient (Wildman–Crippen LogP) is 2.19. The summed E-state index contributed by atoms with van der Waals surface area (Å²) in [6.45, 7) is 2.14. The lowest BCUT2D eigenvalue weighted by Gasteiger charge is -2.12. The average molecular weight is 277 g/mol. The first-order chi connectivity index (χ1) is 9.58. The zero-order valence-corrected chi connectivity index (χ0v) is 11.7. The highest BCUT2D eigenvalue weighted by molar-refractivity contribution is 5.93. The van der Waals surface area contributed by atoms with Crippen molar-refractivity contribution in [3.8, 4) is 5.75 Å². The Hall–Kier alpha value is -2.24. The van der Waals surface area contributed by atoms with Crippen LogP contribution in [-0.2, 0) is 4.79 Å². The van der Waals surface area contributed by atoms with Gasteiger partial charge in [0.1, 0.15) is 5.75 Å². The Balaban J connectivity index is 1.96. The SMILES string of the molecule is COc1cc(NC(=O)NCC2CC2)ccc1NC(C)=O. The lowest BCUT2D eigenvalue weighted by atomic mass is 10.2. The van der Waals surface area contributed by atoms with Gasteiger partial charge in [-0.1, -0.05) is 0 Å². The van der Waals surface area contributed by atoms with Gasteiger partial charge in [0.2, 0.25) is 5.91 Å². The largest absolute Gasteiger partial charge is 0.494 e. The number of anilines is 2. The van der Waals surface area contributed by atoms with Crippen LogP contribution in [0.5, 0.6) is 5.75 Å². The second kappa shape index (κ2) is 6.27. The Bertz CT molecular complexity index is 512. The van der Waals surface area contributed by atoms with Gasteiger partial charge >= 0.3 is 6.03 Å². The third-order valence-electron chi connectivity index (χ3n) is 3.02. The summed E-state index contributed by atoms with van der Waals surface area (Å²) in [6.07, 6.45) is 2.39. The maximum Gasteiger partial charge on any atom is 0.319 e. The topological polar surface area (TPSA) is 79.5 Å². The molecule has 0 spiro atoms. The Kier molecular flexibility index (Phi) is 4.45. The first-order valence-electron chi connectivity index (χ1n) is 6.59. The third-order valence-corrected chi connectivity index (χ3v) is 3.02. The summed E-state index contributed by atoms with van der Waals surface area (Å²) in [7, 11) is 1.51. The van der Waals surface area contributed by atoms with E-state index in [2.05, 4.69) is 16.0 Å².